The van der Waals surface area contributed by atoms with Crippen molar-refractivity contribution in [1.29, 1.82) is 5.41 Å². The van der Waals surface area contributed by atoms with Crippen LogP contribution in [0.25, 0.3) is 0 Å². The monoisotopic (exact) mass is 497 g/mol. The van der Waals surface area contributed by atoms with Crippen molar-refractivity contribution in [1.82, 2.24) is 14.9 Å². The van der Waals surface area contributed by atoms with Crippen molar-refractivity contribution in [3.8, 4) is 11.5 Å². The second-order valence-corrected chi connectivity index (χ2v) is 9.73. The molecule has 3 aromatic rings. The maximum absolute atomic E-state index is 12.3. The lowest BCUT2D eigenvalue weighted by Crippen LogP contribution is -2.47. The van der Waals surface area contributed by atoms with E-state index in [1.807, 2.05) is 72.4 Å². The molecule has 1 saturated carbocycles. The molecule has 1 aliphatic heterocycles. The van der Waals surface area contributed by atoms with Crippen molar-refractivity contribution in [2.75, 3.05) is 36.6 Å². The molecule has 5 rings (SSSR count). The lowest BCUT2D eigenvalue weighted by molar-refractivity contribution is -0.127. The number of nitrogens with zero attached hydrogens (tertiary/aromatic N) is 4. The van der Waals surface area contributed by atoms with Gasteiger partial charge in [0, 0.05) is 44.0 Å². The van der Waals surface area contributed by atoms with Crippen LogP contribution in [0, 0.1) is 11.3 Å². The topological polar surface area (TPSA) is 120 Å². The van der Waals surface area contributed by atoms with Crippen molar-refractivity contribution in [2.24, 2.45) is 5.92 Å². The summed E-state index contributed by atoms with van der Waals surface area (Å²) in [6, 6.07) is 15.2. The third-order valence-corrected chi connectivity index (χ3v) is 7.10. The molecule has 2 heterocycles. The third-order valence-electron chi connectivity index (χ3n) is 7.10. The summed E-state index contributed by atoms with van der Waals surface area (Å²) in [5.41, 5.74) is 8.60. The Labute approximate surface area is 216 Å². The molecule has 2 bridgehead atoms. The first-order valence-electron chi connectivity index (χ1n) is 12.3. The number of hydrogen-bond donors (Lipinski definition) is 3. The molecule has 3 unspecified atom stereocenters. The van der Waals surface area contributed by atoms with Crippen LogP contribution in [-0.2, 0) is 4.79 Å². The van der Waals surface area contributed by atoms with E-state index in [1.54, 1.807) is 0 Å². The van der Waals surface area contributed by atoms with Crippen LogP contribution in [0.4, 0.5) is 17.3 Å². The van der Waals surface area contributed by atoms with Crippen LogP contribution in [0.2, 0.25) is 0 Å². The third kappa shape index (κ3) is 4.84. The predicted molar refractivity (Wildman–Crippen MR) is 145 cm³/mol. The number of carbonyl (C=O) groups is 1. The van der Waals surface area contributed by atoms with Crippen molar-refractivity contribution < 1.29 is 9.53 Å². The number of hydrogen-bond acceptors (Lipinski definition) is 8. The summed E-state index contributed by atoms with van der Waals surface area (Å²) >= 11 is 0. The van der Waals surface area contributed by atoms with Gasteiger partial charge in [0.25, 0.3) is 0 Å². The molecule has 1 saturated heterocycles. The highest BCUT2D eigenvalue weighted by Crippen LogP contribution is 2.40. The number of anilines is 3. The van der Waals surface area contributed by atoms with Gasteiger partial charge in [0.05, 0.1) is 17.3 Å². The second kappa shape index (κ2) is 9.93. The van der Waals surface area contributed by atoms with Gasteiger partial charge in [-0.25, -0.2) is 9.97 Å². The predicted octanol–water partition coefficient (Wildman–Crippen LogP) is 3.92. The Balaban J connectivity index is 1.34. The van der Waals surface area contributed by atoms with Crippen LogP contribution >= 0.6 is 0 Å². The Morgan fingerprint density at radius 1 is 1.19 bits per heavy atom. The fourth-order valence-corrected chi connectivity index (χ4v) is 5.28. The molecule has 2 aromatic carbocycles. The number of ether oxygens (including phenoxy) is 1. The Bertz CT molecular complexity index is 1340. The Hall–Kier alpha value is -4.40. The van der Waals surface area contributed by atoms with E-state index in [0.717, 1.165) is 30.8 Å². The number of likely N-dealkylation sites (tertiary alicyclic amines) is 1. The van der Waals surface area contributed by atoms with E-state index in [9.17, 15) is 4.79 Å². The van der Waals surface area contributed by atoms with Crippen LogP contribution in [0.5, 0.6) is 11.5 Å². The summed E-state index contributed by atoms with van der Waals surface area (Å²) in [6.07, 6.45) is 4.65. The average molecular weight is 498 g/mol. The number of nitrogen functional groups attached to an aromatic ring is 1. The minimum absolute atomic E-state index is 0.0252. The Morgan fingerprint density at radius 3 is 2.68 bits per heavy atom. The van der Waals surface area contributed by atoms with E-state index in [2.05, 4.69) is 21.9 Å². The number of aromatic nitrogens is 2. The summed E-state index contributed by atoms with van der Waals surface area (Å²) in [7, 11) is 3.96. The van der Waals surface area contributed by atoms with E-state index in [1.165, 1.54) is 12.4 Å². The number of carbonyl (C=O) groups excluding carboxylic acids is 1. The molecule has 2 fully saturated rings. The van der Waals surface area contributed by atoms with Crippen molar-refractivity contribution in [3.63, 3.8) is 0 Å². The number of piperidine rings is 1. The maximum Gasteiger partial charge on any atom is 0.246 e. The molecule has 0 spiro atoms. The van der Waals surface area contributed by atoms with Gasteiger partial charge in [-0.1, -0.05) is 12.6 Å². The summed E-state index contributed by atoms with van der Waals surface area (Å²) in [6.45, 7) is 4.39. The highest BCUT2D eigenvalue weighted by molar-refractivity contribution is 6.16. The van der Waals surface area contributed by atoms with E-state index < -0.39 is 0 Å². The second-order valence-electron chi connectivity index (χ2n) is 9.73. The van der Waals surface area contributed by atoms with E-state index in [0.29, 0.717) is 28.6 Å². The molecular weight excluding hydrogens is 466 g/mol. The van der Waals surface area contributed by atoms with Gasteiger partial charge < -0.3 is 25.6 Å². The molecule has 1 aromatic heterocycles. The molecule has 0 radical (unpaired) electrons. The SMILES string of the molecule is C=CC(=O)N1CC2CC(Nc3ncnc(N)c3C(=N)c3ccc(Oc4cccc(N(C)C)c4)cc3)C1C2. The first-order chi connectivity index (χ1) is 17.8. The summed E-state index contributed by atoms with van der Waals surface area (Å²) in [5, 5.41) is 12.4. The van der Waals surface area contributed by atoms with Gasteiger partial charge in [0.2, 0.25) is 5.91 Å². The van der Waals surface area contributed by atoms with Gasteiger partial charge >= 0.3 is 0 Å². The molecule has 37 heavy (non-hydrogen) atoms. The van der Waals surface area contributed by atoms with Gasteiger partial charge in [-0.15, -0.1) is 0 Å². The zero-order valence-electron chi connectivity index (χ0n) is 21.0. The molecule has 2 aliphatic rings. The Morgan fingerprint density at radius 2 is 1.97 bits per heavy atom. The van der Waals surface area contributed by atoms with Crippen molar-refractivity contribution >= 4 is 28.9 Å². The highest BCUT2D eigenvalue weighted by Gasteiger charge is 2.46. The highest BCUT2D eigenvalue weighted by atomic mass is 16.5. The molecule has 9 nitrogen and oxygen atoms in total. The first-order valence-corrected chi connectivity index (χ1v) is 12.3. The van der Waals surface area contributed by atoms with Crippen LogP contribution in [0.15, 0.2) is 67.5 Å². The van der Waals surface area contributed by atoms with Gasteiger partial charge in [0.15, 0.2) is 0 Å². The standard InChI is InChI=1S/C28H31N7O2/c1-4-24(36)35-15-17-12-22(23(35)13-17)33-28-25(27(30)31-16-32-28)26(29)18-8-10-20(11-9-18)37-21-7-5-6-19(14-21)34(2)3/h4-11,14,16-17,22-23,29H,1,12-13,15H2,2-3H3,(H3,30,31,32,33). The minimum Gasteiger partial charge on any atom is -0.457 e. The fraction of sp³-hybridized carbons (Fsp3) is 0.286. The van der Waals surface area contributed by atoms with Crippen LogP contribution in [-0.4, -0.2) is 59.2 Å². The van der Waals surface area contributed by atoms with E-state index in [4.69, 9.17) is 15.9 Å². The summed E-state index contributed by atoms with van der Waals surface area (Å²) < 4.78 is 6.01. The molecule has 190 valence electrons. The van der Waals surface area contributed by atoms with Crippen molar-refractivity contribution in [2.45, 2.75) is 24.9 Å². The fourth-order valence-electron chi connectivity index (χ4n) is 5.28. The largest absolute Gasteiger partial charge is 0.457 e. The summed E-state index contributed by atoms with van der Waals surface area (Å²) in [5.74, 6) is 2.52. The number of fused-ring (bicyclic) bond motifs is 2. The van der Waals surface area contributed by atoms with Gasteiger partial charge in [-0.2, -0.15) is 0 Å². The van der Waals surface area contributed by atoms with E-state index >= 15 is 0 Å². The first kappa shape index (κ1) is 24.3. The quantitative estimate of drug-likeness (QED) is 0.319. The molecule has 4 N–H and O–H groups in total. The van der Waals surface area contributed by atoms with Gasteiger partial charge in [-0.3, -0.25) is 10.2 Å². The normalized spacial score (nSPS) is 19.9. The lowest BCUT2D eigenvalue weighted by Gasteiger charge is -2.33. The number of nitrogens with one attached hydrogen (secondary N) is 2. The maximum atomic E-state index is 12.3. The zero-order valence-corrected chi connectivity index (χ0v) is 21.0. The molecule has 9 heteroatoms. The van der Waals surface area contributed by atoms with Gasteiger partial charge in [0.1, 0.15) is 29.5 Å². The van der Waals surface area contributed by atoms with Crippen LogP contribution in [0.3, 0.4) is 0 Å². The zero-order chi connectivity index (χ0) is 26.1. The van der Waals surface area contributed by atoms with E-state index in [-0.39, 0.29) is 29.5 Å². The smallest absolute Gasteiger partial charge is 0.246 e. The number of nitrogens with two attached hydrogens (primary N) is 1. The minimum atomic E-state index is -0.0510. The number of rotatable bonds is 8. The molecular formula is C28H31N7O2. The van der Waals surface area contributed by atoms with Crippen molar-refractivity contribution in [3.05, 3.63) is 78.6 Å². The molecule has 1 amide bonds. The molecule has 3 atom stereocenters. The van der Waals surface area contributed by atoms with Gasteiger partial charge in [-0.05, 0) is 61.2 Å². The Kier molecular flexibility index (Phi) is 6.52. The van der Waals surface area contributed by atoms with Crippen LogP contribution < -0.4 is 20.7 Å². The average Bonchev–Trinajstić information content (AvgIpc) is 3.49. The summed E-state index contributed by atoms with van der Waals surface area (Å²) in [4.78, 5) is 24.7. The number of amides is 1. The number of benzene rings is 2. The molecule has 1 aliphatic carbocycles. The van der Waals surface area contributed by atoms with Crippen LogP contribution in [0.1, 0.15) is 24.0 Å². The lowest BCUT2D eigenvalue weighted by atomic mass is 10.0.